The minimum Gasteiger partial charge on any atom is -0.493 e. The number of fused-ring (bicyclic) bond motifs is 1. The number of rotatable bonds is 3. The first-order valence-electron chi connectivity index (χ1n) is 9.96. The van der Waals surface area contributed by atoms with Crippen molar-refractivity contribution >= 4 is 5.69 Å². The van der Waals surface area contributed by atoms with Gasteiger partial charge in [-0.05, 0) is 68.7 Å². The summed E-state index contributed by atoms with van der Waals surface area (Å²) in [5.41, 5.74) is 3.44. The van der Waals surface area contributed by atoms with Gasteiger partial charge in [0.1, 0.15) is 0 Å². The molecule has 1 spiro atoms. The van der Waals surface area contributed by atoms with Crippen molar-refractivity contribution < 1.29 is 9.47 Å². The maximum absolute atomic E-state index is 5.77. The molecule has 2 saturated heterocycles. The molecule has 1 aromatic rings. The summed E-state index contributed by atoms with van der Waals surface area (Å²) in [5.74, 6) is 1.73. The summed E-state index contributed by atoms with van der Waals surface area (Å²) >= 11 is 0. The van der Waals surface area contributed by atoms with Crippen LogP contribution >= 0.6 is 0 Å². The number of nitrogens with zero attached hydrogens (tertiary/aromatic N) is 1. The van der Waals surface area contributed by atoms with Gasteiger partial charge in [0.2, 0.25) is 0 Å². The number of methoxy groups -OCH3 is 2. The van der Waals surface area contributed by atoms with E-state index in [0.29, 0.717) is 17.5 Å². The molecule has 5 rings (SSSR count). The minimum absolute atomic E-state index is 0.254. The second-order valence-electron chi connectivity index (χ2n) is 8.51. The molecule has 4 unspecified atom stereocenters. The van der Waals surface area contributed by atoms with Gasteiger partial charge in [0, 0.05) is 17.5 Å². The quantitative estimate of drug-likeness (QED) is 0.906. The zero-order chi connectivity index (χ0) is 17.2. The second kappa shape index (κ2) is 5.29. The monoisotopic (exact) mass is 342 g/mol. The third-order valence-corrected chi connectivity index (χ3v) is 7.99. The first-order chi connectivity index (χ1) is 12.2. The number of anilines is 1. The standard InChI is InChI=1S/C21H30N2O2/c1-4-20-9-5-12-23-13-11-21(19(20)23)14-6-7-15(24-2)18(25-3)17(14)22-16(21)8-10-20/h6-7,16,19,22H,4-5,8-13H2,1-3H3. The second-order valence-corrected chi connectivity index (χ2v) is 8.51. The summed E-state index contributed by atoms with van der Waals surface area (Å²) in [6.07, 6.45) is 8.00. The summed E-state index contributed by atoms with van der Waals surface area (Å²) in [5, 5.41) is 3.89. The van der Waals surface area contributed by atoms with Gasteiger partial charge in [-0.25, -0.2) is 0 Å². The fourth-order valence-corrected chi connectivity index (χ4v) is 7.03. The van der Waals surface area contributed by atoms with E-state index in [4.69, 9.17) is 9.47 Å². The van der Waals surface area contributed by atoms with Crippen molar-refractivity contribution in [1.82, 2.24) is 4.90 Å². The Hall–Kier alpha value is -1.42. The molecule has 0 bridgehead atoms. The van der Waals surface area contributed by atoms with Gasteiger partial charge >= 0.3 is 0 Å². The SMILES string of the molecule is CCC12CCCN3CCC4(c5ccc(OC)c(OC)c5NC4CC1)C32. The minimum atomic E-state index is 0.254. The van der Waals surface area contributed by atoms with E-state index in [1.165, 1.54) is 62.9 Å². The number of hydrogen-bond acceptors (Lipinski definition) is 4. The number of nitrogens with one attached hydrogen (secondary N) is 1. The largest absolute Gasteiger partial charge is 0.493 e. The molecular formula is C21H30N2O2. The van der Waals surface area contributed by atoms with Crippen LogP contribution in [0.3, 0.4) is 0 Å². The van der Waals surface area contributed by atoms with E-state index in [-0.39, 0.29) is 5.41 Å². The predicted molar refractivity (Wildman–Crippen MR) is 99.8 cm³/mol. The number of piperidine rings is 1. The molecule has 4 heteroatoms. The first kappa shape index (κ1) is 15.8. The van der Waals surface area contributed by atoms with Gasteiger partial charge in [-0.2, -0.15) is 0 Å². The van der Waals surface area contributed by atoms with Crippen LogP contribution in [0.25, 0.3) is 0 Å². The lowest BCUT2D eigenvalue weighted by atomic mass is 9.52. The van der Waals surface area contributed by atoms with E-state index in [2.05, 4.69) is 29.3 Å². The van der Waals surface area contributed by atoms with Gasteiger partial charge < -0.3 is 14.8 Å². The molecule has 0 amide bonds. The molecule has 3 heterocycles. The van der Waals surface area contributed by atoms with Crippen LogP contribution in [0, 0.1) is 5.41 Å². The average Bonchev–Trinajstić information content (AvgIpc) is 3.21. The molecule has 4 nitrogen and oxygen atoms in total. The van der Waals surface area contributed by atoms with E-state index < -0.39 is 0 Å². The van der Waals surface area contributed by atoms with Crippen molar-refractivity contribution in [2.75, 3.05) is 32.6 Å². The van der Waals surface area contributed by atoms with Crippen LogP contribution in [-0.4, -0.2) is 44.3 Å². The number of hydrogen-bond donors (Lipinski definition) is 1. The van der Waals surface area contributed by atoms with Crippen LogP contribution in [0.5, 0.6) is 11.5 Å². The number of benzene rings is 1. The predicted octanol–water partition coefficient (Wildman–Crippen LogP) is 3.79. The topological polar surface area (TPSA) is 33.7 Å². The van der Waals surface area contributed by atoms with Crippen molar-refractivity contribution in [2.24, 2.45) is 5.41 Å². The van der Waals surface area contributed by atoms with Crippen LogP contribution in [-0.2, 0) is 5.41 Å². The molecule has 0 radical (unpaired) electrons. The highest BCUT2D eigenvalue weighted by Crippen LogP contribution is 2.65. The van der Waals surface area contributed by atoms with Gasteiger partial charge in [0.25, 0.3) is 0 Å². The fourth-order valence-electron chi connectivity index (χ4n) is 7.03. The lowest BCUT2D eigenvalue weighted by molar-refractivity contribution is -0.0309. The van der Waals surface area contributed by atoms with Gasteiger partial charge in [0.05, 0.1) is 19.9 Å². The van der Waals surface area contributed by atoms with Gasteiger partial charge in [-0.15, -0.1) is 0 Å². The molecule has 1 saturated carbocycles. The maximum atomic E-state index is 5.77. The molecule has 1 N–H and O–H groups in total. The Balaban J connectivity index is 1.71. The Morgan fingerprint density at radius 3 is 2.80 bits per heavy atom. The van der Waals surface area contributed by atoms with E-state index in [9.17, 15) is 0 Å². The van der Waals surface area contributed by atoms with Crippen LogP contribution in [0.2, 0.25) is 0 Å². The molecule has 0 aromatic heterocycles. The fraction of sp³-hybridized carbons (Fsp3) is 0.714. The molecule has 136 valence electrons. The molecule has 25 heavy (non-hydrogen) atoms. The van der Waals surface area contributed by atoms with Crippen LogP contribution in [0.4, 0.5) is 5.69 Å². The smallest absolute Gasteiger partial charge is 0.184 e. The van der Waals surface area contributed by atoms with Crippen LogP contribution < -0.4 is 14.8 Å². The van der Waals surface area contributed by atoms with E-state index >= 15 is 0 Å². The van der Waals surface area contributed by atoms with E-state index in [1.54, 1.807) is 14.2 Å². The van der Waals surface area contributed by atoms with Crippen molar-refractivity contribution in [3.8, 4) is 11.5 Å². The van der Waals surface area contributed by atoms with Crippen molar-refractivity contribution in [1.29, 1.82) is 0 Å². The summed E-state index contributed by atoms with van der Waals surface area (Å²) in [4.78, 5) is 2.83. The third kappa shape index (κ3) is 1.77. The van der Waals surface area contributed by atoms with Crippen molar-refractivity contribution in [3.05, 3.63) is 17.7 Å². The zero-order valence-electron chi connectivity index (χ0n) is 15.7. The lowest BCUT2D eigenvalue weighted by Crippen LogP contribution is -2.63. The summed E-state index contributed by atoms with van der Waals surface area (Å²) in [6.45, 7) is 4.95. The van der Waals surface area contributed by atoms with Gasteiger partial charge in [0.15, 0.2) is 11.5 Å². The summed E-state index contributed by atoms with van der Waals surface area (Å²) in [6, 6.07) is 5.66. The first-order valence-corrected chi connectivity index (χ1v) is 9.96. The average molecular weight is 342 g/mol. The highest BCUT2D eigenvalue weighted by atomic mass is 16.5. The highest BCUT2D eigenvalue weighted by Gasteiger charge is 2.66. The van der Waals surface area contributed by atoms with Crippen LogP contribution in [0.15, 0.2) is 12.1 Å². The Morgan fingerprint density at radius 1 is 1.16 bits per heavy atom. The highest BCUT2D eigenvalue weighted by molar-refractivity contribution is 5.75. The summed E-state index contributed by atoms with van der Waals surface area (Å²) < 4.78 is 11.3. The third-order valence-electron chi connectivity index (χ3n) is 7.99. The van der Waals surface area contributed by atoms with E-state index in [0.717, 1.165) is 11.5 Å². The molecule has 4 atom stereocenters. The molecule has 1 aliphatic carbocycles. The van der Waals surface area contributed by atoms with Gasteiger partial charge in [-0.3, -0.25) is 4.90 Å². The van der Waals surface area contributed by atoms with Crippen LogP contribution in [0.1, 0.15) is 51.0 Å². The molecular weight excluding hydrogens is 312 g/mol. The van der Waals surface area contributed by atoms with Crippen molar-refractivity contribution in [3.63, 3.8) is 0 Å². The Kier molecular flexibility index (Phi) is 3.35. The lowest BCUT2D eigenvalue weighted by Gasteiger charge is -2.58. The number of ether oxygens (including phenoxy) is 2. The normalized spacial score (nSPS) is 38.5. The Bertz CT molecular complexity index is 705. The Labute approximate surface area is 150 Å². The molecule has 4 aliphatic rings. The molecule has 1 aromatic carbocycles. The van der Waals surface area contributed by atoms with Gasteiger partial charge in [-0.1, -0.05) is 13.0 Å². The summed E-state index contributed by atoms with van der Waals surface area (Å²) in [7, 11) is 3.49. The molecule has 3 fully saturated rings. The Morgan fingerprint density at radius 2 is 2.04 bits per heavy atom. The molecule has 3 aliphatic heterocycles. The van der Waals surface area contributed by atoms with Crippen molar-refractivity contribution in [2.45, 2.75) is 62.9 Å². The van der Waals surface area contributed by atoms with E-state index in [1.807, 2.05) is 0 Å². The zero-order valence-corrected chi connectivity index (χ0v) is 15.7. The maximum Gasteiger partial charge on any atom is 0.184 e.